The zero-order chi connectivity index (χ0) is 18.4. The Kier molecular flexibility index (Phi) is 7.19. The monoisotopic (exact) mass is 354 g/mol. The summed E-state index contributed by atoms with van der Waals surface area (Å²) in [5, 5.41) is 18.2. The molecule has 1 aliphatic heterocycles. The summed E-state index contributed by atoms with van der Waals surface area (Å²) < 4.78 is 0. The molecule has 0 radical (unpaired) electrons. The summed E-state index contributed by atoms with van der Waals surface area (Å²) >= 11 is 0. The molecule has 1 aliphatic carbocycles. The number of carboxylic acids is 1. The van der Waals surface area contributed by atoms with Crippen LogP contribution in [0.25, 0.3) is 0 Å². The number of hydrogen-bond acceptors (Lipinski definition) is 5. The smallest absolute Gasteiger partial charge is 0.327 e. The average molecular weight is 354 g/mol. The summed E-state index contributed by atoms with van der Waals surface area (Å²) in [7, 11) is 1.69. The number of carbonyl (C=O) groups is 3. The summed E-state index contributed by atoms with van der Waals surface area (Å²) in [6, 6.07) is -1.94. The fraction of sp³-hybridized carbons (Fsp3) is 0.824. The van der Waals surface area contributed by atoms with E-state index in [-0.39, 0.29) is 24.3 Å². The third-order valence-corrected chi connectivity index (χ3v) is 5.32. The third kappa shape index (κ3) is 4.92. The van der Waals surface area contributed by atoms with Crippen LogP contribution in [0, 0.1) is 5.92 Å². The van der Waals surface area contributed by atoms with Crippen LogP contribution in [-0.4, -0.2) is 72.6 Å². The molecule has 3 atom stereocenters. The molecule has 8 nitrogen and oxygen atoms in total. The Labute approximate surface area is 148 Å². The maximum Gasteiger partial charge on any atom is 0.327 e. The summed E-state index contributed by atoms with van der Waals surface area (Å²) in [6.07, 6.45) is 4.98. The SMILES string of the molecule is CN[C@@H](C)C(=O)N[C@H](C(=O)N1CCNC[C@H]1C(=O)O)C1CCCCC1. The first-order chi connectivity index (χ1) is 12.0. The summed E-state index contributed by atoms with van der Waals surface area (Å²) in [5.41, 5.74) is 0. The van der Waals surface area contributed by atoms with Crippen LogP contribution >= 0.6 is 0 Å². The molecule has 0 aromatic rings. The highest BCUT2D eigenvalue weighted by molar-refractivity contribution is 5.92. The molecule has 0 aromatic heterocycles. The van der Waals surface area contributed by atoms with Gasteiger partial charge in [0.05, 0.1) is 6.04 Å². The zero-order valence-corrected chi connectivity index (χ0v) is 15.1. The molecule has 8 heteroatoms. The van der Waals surface area contributed by atoms with Gasteiger partial charge in [0.15, 0.2) is 0 Å². The molecule has 0 bridgehead atoms. The maximum atomic E-state index is 13.2. The van der Waals surface area contributed by atoms with Crippen molar-refractivity contribution in [2.45, 2.75) is 57.2 Å². The molecular weight excluding hydrogens is 324 g/mol. The molecule has 0 aromatic carbocycles. The van der Waals surface area contributed by atoms with Gasteiger partial charge in [-0.2, -0.15) is 0 Å². The summed E-state index contributed by atoms with van der Waals surface area (Å²) in [6.45, 7) is 2.88. The minimum atomic E-state index is -1.02. The van der Waals surface area contributed by atoms with E-state index in [4.69, 9.17) is 0 Å². The van der Waals surface area contributed by atoms with Gasteiger partial charge in [0, 0.05) is 19.6 Å². The van der Waals surface area contributed by atoms with E-state index in [0.717, 1.165) is 32.1 Å². The van der Waals surface area contributed by atoms with E-state index in [1.54, 1.807) is 14.0 Å². The van der Waals surface area contributed by atoms with Crippen LogP contribution in [0.1, 0.15) is 39.0 Å². The van der Waals surface area contributed by atoms with Gasteiger partial charge in [-0.05, 0) is 32.7 Å². The van der Waals surface area contributed by atoms with Crippen molar-refractivity contribution in [3.63, 3.8) is 0 Å². The molecule has 1 heterocycles. The van der Waals surface area contributed by atoms with Crippen molar-refractivity contribution in [2.24, 2.45) is 5.92 Å². The van der Waals surface area contributed by atoms with Gasteiger partial charge in [-0.25, -0.2) is 4.79 Å². The van der Waals surface area contributed by atoms with Gasteiger partial charge in [-0.1, -0.05) is 19.3 Å². The number of amides is 2. The number of nitrogens with zero attached hydrogens (tertiary/aromatic N) is 1. The molecular formula is C17H30N4O4. The van der Waals surface area contributed by atoms with E-state index in [1.807, 2.05) is 0 Å². The van der Waals surface area contributed by atoms with E-state index in [0.29, 0.717) is 13.1 Å². The number of hydrogen-bond donors (Lipinski definition) is 4. The largest absolute Gasteiger partial charge is 0.480 e. The predicted octanol–water partition coefficient (Wildman–Crippen LogP) is -0.456. The molecule has 4 N–H and O–H groups in total. The first kappa shape index (κ1) is 19.7. The van der Waals surface area contributed by atoms with Crippen LogP contribution in [0.15, 0.2) is 0 Å². The molecule has 0 spiro atoms. The van der Waals surface area contributed by atoms with Gasteiger partial charge in [0.2, 0.25) is 11.8 Å². The topological polar surface area (TPSA) is 111 Å². The van der Waals surface area contributed by atoms with Gasteiger partial charge < -0.3 is 26.0 Å². The highest BCUT2D eigenvalue weighted by atomic mass is 16.4. The molecule has 1 saturated heterocycles. The van der Waals surface area contributed by atoms with Crippen LogP contribution in [-0.2, 0) is 14.4 Å². The lowest BCUT2D eigenvalue weighted by Gasteiger charge is -2.39. The van der Waals surface area contributed by atoms with Crippen LogP contribution in [0.3, 0.4) is 0 Å². The van der Waals surface area contributed by atoms with Crippen molar-refractivity contribution < 1.29 is 19.5 Å². The van der Waals surface area contributed by atoms with Crippen molar-refractivity contribution >= 4 is 17.8 Å². The summed E-state index contributed by atoms with van der Waals surface area (Å²) in [4.78, 5) is 38.4. The lowest BCUT2D eigenvalue weighted by Crippen LogP contribution is -2.63. The fourth-order valence-electron chi connectivity index (χ4n) is 3.63. The number of carbonyl (C=O) groups excluding carboxylic acids is 2. The molecule has 1 saturated carbocycles. The Morgan fingerprint density at radius 2 is 1.88 bits per heavy atom. The quantitative estimate of drug-likeness (QED) is 0.514. The zero-order valence-electron chi connectivity index (χ0n) is 15.1. The molecule has 2 fully saturated rings. The lowest BCUT2D eigenvalue weighted by atomic mass is 9.83. The van der Waals surface area contributed by atoms with Gasteiger partial charge in [0.1, 0.15) is 12.1 Å². The fourth-order valence-corrected chi connectivity index (χ4v) is 3.63. The lowest BCUT2D eigenvalue weighted by molar-refractivity contribution is -0.153. The Hall–Kier alpha value is -1.67. The first-order valence-electron chi connectivity index (χ1n) is 9.17. The number of rotatable bonds is 6. The van der Waals surface area contributed by atoms with Crippen LogP contribution in [0.4, 0.5) is 0 Å². The Bertz CT molecular complexity index is 493. The molecule has 142 valence electrons. The number of likely N-dealkylation sites (N-methyl/N-ethyl adjacent to an activating group) is 1. The van der Waals surface area contributed by atoms with E-state index in [1.165, 1.54) is 4.90 Å². The van der Waals surface area contributed by atoms with Gasteiger partial charge in [-0.15, -0.1) is 0 Å². The molecule has 25 heavy (non-hydrogen) atoms. The van der Waals surface area contributed by atoms with Gasteiger partial charge in [0.25, 0.3) is 0 Å². The normalized spacial score (nSPS) is 24.4. The van der Waals surface area contributed by atoms with Gasteiger partial charge >= 0.3 is 5.97 Å². The minimum Gasteiger partial charge on any atom is -0.480 e. The Balaban J connectivity index is 2.18. The van der Waals surface area contributed by atoms with Crippen molar-refractivity contribution in [1.82, 2.24) is 20.9 Å². The van der Waals surface area contributed by atoms with E-state index in [9.17, 15) is 19.5 Å². The number of aliphatic carboxylic acids is 1. The van der Waals surface area contributed by atoms with Crippen molar-refractivity contribution in [2.75, 3.05) is 26.7 Å². The summed E-state index contributed by atoms with van der Waals surface area (Å²) in [5.74, 6) is -1.44. The van der Waals surface area contributed by atoms with E-state index < -0.39 is 24.1 Å². The van der Waals surface area contributed by atoms with Crippen LogP contribution in [0.5, 0.6) is 0 Å². The Morgan fingerprint density at radius 1 is 1.20 bits per heavy atom. The molecule has 2 aliphatic rings. The van der Waals surface area contributed by atoms with Crippen LogP contribution in [0.2, 0.25) is 0 Å². The number of piperazine rings is 1. The standard InChI is InChI=1S/C17H30N4O4/c1-11(18-2)15(22)20-14(12-6-4-3-5-7-12)16(23)21-9-8-19-10-13(21)17(24)25/h11-14,18-19H,3-10H2,1-2H3,(H,20,22)(H,24,25)/t11-,13-,14-/m0/s1. The van der Waals surface area contributed by atoms with Crippen molar-refractivity contribution in [3.8, 4) is 0 Å². The average Bonchev–Trinajstić information content (AvgIpc) is 2.65. The van der Waals surface area contributed by atoms with Crippen molar-refractivity contribution in [3.05, 3.63) is 0 Å². The van der Waals surface area contributed by atoms with E-state index >= 15 is 0 Å². The minimum absolute atomic E-state index is 0.0681. The Morgan fingerprint density at radius 3 is 2.48 bits per heavy atom. The number of carboxylic acid groups (broad SMARTS) is 1. The second-order valence-electron chi connectivity index (χ2n) is 6.98. The maximum absolute atomic E-state index is 13.2. The second-order valence-corrected chi connectivity index (χ2v) is 6.98. The van der Waals surface area contributed by atoms with Gasteiger partial charge in [-0.3, -0.25) is 9.59 Å². The molecule has 2 rings (SSSR count). The predicted molar refractivity (Wildman–Crippen MR) is 93.0 cm³/mol. The van der Waals surface area contributed by atoms with Crippen molar-refractivity contribution in [1.29, 1.82) is 0 Å². The third-order valence-electron chi connectivity index (χ3n) is 5.32. The highest BCUT2D eigenvalue weighted by Crippen LogP contribution is 2.28. The first-order valence-corrected chi connectivity index (χ1v) is 9.17. The highest BCUT2D eigenvalue weighted by Gasteiger charge is 2.39. The molecule has 2 amide bonds. The number of nitrogens with one attached hydrogen (secondary N) is 3. The molecule has 0 unspecified atom stereocenters. The second kappa shape index (κ2) is 9.15. The van der Waals surface area contributed by atoms with Crippen LogP contribution < -0.4 is 16.0 Å². The van der Waals surface area contributed by atoms with E-state index in [2.05, 4.69) is 16.0 Å².